The molecule has 0 aliphatic heterocycles. The third kappa shape index (κ3) is 3.21. The lowest BCUT2D eigenvalue weighted by Crippen LogP contribution is -2.00. The van der Waals surface area contributed by atoms with Gasteiger partial charge >= 0.3 is 0 Å². The first kappa shape index (κ1) is 11.9. The Labute approximate surface area is 106 Å². The average Bonchev–Trinajstić information content (AvgIpc) is 2.38. The van der Waals surface area contributed by atoms with Crippen LogP contribution in [-0.4, -0.2) is 4.98 Å². The van der Waals surface area contributed by atoms with E-state index in [9.17, 15) is 0 Å². The van der Waals surface area contributed by atoms with E-state index in [2.05, 4.69) is 4.98 Å². The third-order valence-corrected chi connectivity index (χ3v) is 2.88. The van der Waals surface area contributed by atoms with Crippen molar-refractivity contribution in [2.24, 2.45) is 0 Å². The number of aromatic nitrogens is 1. The molecule has 0 N–H and O–H groups in total. The van der Waals surface area contributed by atoms with E-state index < -0.39 is 0 Å². The summed E-state index contributed by atoms with van der Waals surface area (Å²) in [6, 6.07) is 11.7. The number of aryl methyl sites for hydroxylation is 1. The minimum Gasteiger partial charge on any atom is -0.487 e. The monoisotopic (exact) mass is 247 g/mol. The lowest BCUT2D eigenvalue weighted by atomic mass is 10.2. The molecule has 88 valence electrons. The molecule has 0 amide bonds. The molecule has 1 heterocycles. The Morgan fingerprint density at radius 1 is 1.18 bits per heavy atom. The minimum atomic E-state index is 0.493. The first-order valence-corrected chi connectivity index (χ1v) is 6.01. The molecular weight excluding hydrogens is 234 g/mol. The van der Waals surface area contributed by atoms with Gasteiger partial charge in [-0.15, -0.1) is 11.6 Å². The number of benzene rings is 1. The summed E-state index contributed by atoms with van der Waals surface area (Å²) >= 11 is 5.72. The van der Waals surface area contributed by atoms with Crippen molar-refractivity contribution in [1.29, 1.82) is 0 Å². The normalized spacial score (nSPS) is 10.2. The molecule has 0 bridgehead atoms. The van der Waals surface area contributed by atoms with E-state index in [0.29, 0.717) is 12.5 Å². The molecule has 0 radical (unpaired) electrons. The van der Waals surface area contributed by atoms with E-state index in [0.717, 1.165) is 22.6 Å². The van der Waals surface area contributed by atoms with Crippen LogP contribution in [0.25, 0.3) is 0 Å². The number of hydrogen-bond acceptors (Lipinski definition) is 2. The predicted molar refractivity (Wildman–Crippen MR) is 69.3 cm³/mol. The van der Waals surface area contributed by atoms with Crippen molar-refractivity contribution < 1.29 is 4.74 Å². The Morgan fingerprint density at radius 2 is 1.94 bits per heavy atom. The Hall–Kier alpha value is -1.54. The summed E-state index contributed by atoms with van der Waals surface area (Å²) in [6.45, 7) is 2.52. The van der Waals surface area contributed by atoms with Crippen LogP contribution in [0.4, 0.5) is 0 Å². The molecule has 2 aromatic rings. The topological polar surface area (TPSA) is 22.1 Å². The number of alkyl halides is 1. The van der Waals surface area contributed by atoms with Crippen LogP contribution in [0.15, 0.2) is 42.6 Å². The molecular formula is C14H14ClNO. The number of nitrogens with zero attached hydrogens (tertiary/aromatic N) is 1. The maximum Gasteiger partial charge on any atom is 0.130 e. The van der Waals surface area contributed by atoms with Gasteiger partial charge < -0.3 is 4.74 Å². The first-order valence-electron chi connectivity index (χ1n) is 5.48. The second-order valence-corrected chi connectivity index (χ2v) is 4.10. The van der Waals surface area contributed by atoms with Crippen molar-refractivity contribution in [3.05, 3.63) is 59.4 Å². The van der Waals surface area contributed by atoms with Crippen molar-refractivity contribution in [2.45, 2.75) is 19.4 Å². The lowest BCUT2D eigenvalue weighted by Gasteiger charge is -2.07. The average molecular weight is 248 g/mol. The van der Waals surface area contributed by atoms with Gasteiger partial charge in [0.05, 0.1) is 5.69 Å². The number of halogens is 1. The fraction of sp³-hybridized carbons (Fsp3) is 0.214. The number of hydrogen-bond donors (Lipinski definition) is 0. The van der Waals surface area contributed by atoms with Crippen LogP contribution in [0.5, 0.6) is 5.75 Å². The largest absolute Gasteiger partial charge is 0.487 e. The summed E-state index contributed by atoms with van der Waals surface area (Å²) in [6.07, 6.45) is 1.78. The highest BCUT2D eigenvalue weighted by atomic mass is 35.5. The van der Waals surface area contributed by atoms with Gasteiger partial charge in [-0.25, -0.2) is 0 Å². The zero-order valence-electron chi connectivity index (χ0n) is 9.69. The van der Waals surface area contributed by atoms with E-state index in [1.54, 1.807) is 6.20 Å². The molecule has 2 rings (SSSR count). The zero-order valence-corrected chi connectivity index (χ0v) is 10.4. The van der Waals surface area contributed by atoms with E-state index in [4.69, 9.17) is 16.3 Å². The summed E-state index contributed by atoms with van der Waals surface area (Å²) in [5.74, 6) is 1.36. The Balaban J connectivity index is 2.00. The van der Waals surface area contributed by atoms with Gasteiger partial charge in [-0.1, -0.05) is 18.2 Å². The molecule has 0 saturated heterocycles. The zero-order chi connectivity index (χ0) is 12.1. The smallest absolute Gasteiger partial charge is 0.130 e. The SMILES string of the molecule is Cc1cccnc1COc1ccc(CCl)cc1. The predicted octanol–water partition coefficient (Wildman–Crippen LogP) is 3.71. The highest BCUT2D eigenvalue weighted by molar-refractivity contribution is 6.17. The molecule has 0 aliphatic carbocycles. The standard InChI is InChI=1S/C14H14ClNO/c1-11-3-2-8-16-14(11)10-17-13-6-4-12(9-15)5-7-13/h2-8H,9-10H2,1H3. The fourth-order valence-electron chi connectivity index (χ4n) is 1.50. The molecule has 0 aliphatic rings. The quantitative estimate of drug-likeness (QED) is 0.769. The van der Waals surface area contributed by atoms with E-state index in [-0.39, 0.29) is 0 Å². The van der Waals surface area contributed by atoms with Gasteiger partial charge in [-0.3, -0.25) is 4.98 Å². The van der Waals surface area contributed by atoms with Gasteiger partial charge in [0, 0.05) is 12.1 Å². The number of rotatable bonds is 4. The molecule has 1 aromatic heterocycles. The van der Waals surface area contributed by atoms with Gasteiger partial charge in [0.2, 0.25) is 0 Å². The molecule has 0 saturated carbocycles. The molecule has 0 unspecified atom stereocenters. The molecule has 0 spiro atoms. The number of pyridine rings is 1. The van der Waals surface area contributed by atoms with Crippen LogP contribution < -0.4 is 4.74 Å². The second-order valence-electron chi connectivity index (χ2n) is 3.83. The van der Waals surface area contributed by atoms with Crippen LogP contribution in [0.2, 0.25) is 0 Å². The Morgan fingerprint density at radius 3 is 2.59 bits per heavy atom. The second kappa shape index (κ2) is 5.69. The Kier molecular flexibility index (Phi) is 3.99. The molecule has 1 aromatic carbocycles. The van der Waals surface area contributed by atoms with Crippen LogP contribution in [0.1, 0.15) is 16.8 Å². The molecule has 2 nitrogen and oxygen atoms in total. The van der Waals surface area contributed by atoms with E-state index >= 15 is 0 Å². The molecule has 0 fully saturated rings. The summed E-state index contributed by atoms with van der Waals surface area (Å²) < 4.78 is 5.67. The molecule has 3 heteroatoms. The van der Waals surface area contributed by atoms with Crippen molar-refractivity contribution in [3.8, 4) is 5.75 Å². The van der Waals surface area contributed by atoms with Gasteiger partial charge in [0.15, 0.2) is 0 Å². The van der Waals surface area contributed by atoms with Crippen LogP contribution in [0, 0.1) is 6.92 Å². The maximum atomic E-state index is 5.72. The Bertz CT molecular complexity index is 482. The van der Waals surface area contributed by atoms with Crippen molar-refractivity contribution >= 4 is 11.6 Å². The van der Waals surface area contributed by atoms with Crippen molar-refractivity contribution in [2.75, 3.05) is 0 Å². The first-order chi connectivity index (χ1) is 8.29. The lowest BCUT2D eigenvalue weighted by molar-refractivity contribution is 0.300. The van der Waals surface area contributed by atoms with E-state index in [1.807, 2.05) is 43.3 Å². The fourth-order valence-corrected chi connectivity index (χ4v) is 1.67. The molecule has 17 heavy (non-hydrogen) atoms. The van der Waals surface area contributed by atoms with Crippen LogP contribution in [0.3, 0.4) is 0 Å². The summed E-state index contributed by atoms with van der Waals surface area (Å²) in [7, 11) is 0. The summed E-state index contributed by atoms with van der Waals surface area (Å²) in [5.41, 5.74) is 3.20. The van der Waals surface area contributed by atoms with Crippen molar-refractivity contribution in [3.63, 3.8) is 0 Å². The third-order valence-electron chi connectivity index (χ3n) is 2.57. The van der Waals surface area contributed by atoms with Crippen LogP contribution >= 0.6 is 11.6 Å². The highest BCUT2D eigenvalue weighted by Crippen LogP contribution is 2.15. The maximum absolute atomic E-state index is 5.72. The van der Waals surface area contributed by atoms with Crippen LogP contribution in [-0.2, 0) is 12.5 Å². The van der Waals surface area contributed by atoms with Gasteiger partial charge in [0.25, 0.3) is 0 Å². The summed E-state index contributed by atoms with van der Waals surface area (Å²) in [5, 5.41) is 0. The molecule has 0 atom stereocenters. The number of ether oxygens (including phenoxy) is 1. The highest BCUT2D eigenvalue weighted by Gasteiger charge is 2.00. The van der Waals surface area contributed by atoms with Gasteiger partial charge in [-0.2, -0.15) is 0 Å². The van der Waals surface area contributed by atoms with Gasteiger partial charge in [0.1, 0.15) is 12.4 Å². The van der Waals surface area contributed by atoms with Crippen molar-refractivity contribution in [1.82, 2.24) is 4.98 Å². The van der Waals surface area contributed by atoms with E-state index in [1.165, 1.54) is 0 Å². The minimum absolute atomic E-state index is 0.493. The van der Waals surface area contributed by atoms with Gasteiger partial charge in [-0.05, 0) is 36.2 Å². The summed E-state index contributed by atoms with van der Waals surface area (Å²) in [4.78, 5) is 4.28.